The van der Waals surface area contributed by atoms with Crippen molar-refractivity contribution in [3.05, 3.63) is 10.4 Å². The molecule has 35 heavy (non-hydrogen) atoms. The Hall–Kier alpha value is -2.58. The van der Waals surface area contributed by atoms with Crippen molar-refractivity contribution in [3.8, 4) is 0 Å². The molecule has 1 saturated heterocycles. The van der Waals surface area contributed by atoms with Crippen LogP contribution in [-0.2, 0) is 14.2 Å². The summed E-state index contributed by atoms with van der Waals surface area (Å²) < 4.78 is 16.0. The molecule has 2 aromatic rings. The third-order valence-electron chi connectivity index (χ3n) is 6.04. The highest BCUT2D eigenvalue weighted by atomic mass is 16.5. The van der Waals surface area contributed by atoms with E-state index >= 15 is 0 Å². The number of fused-ring (bicyclic) bond motifs is 1. The van der Waals surface area contributed by atoms with Crippen molar-refractivity contribution in [3.63, 3.8) is 0 Å². The van der Waals surface area contributed by atoms with Crippen LogP contribution in [0.4, 0.5) is 17.7 Å². The van der Waals surface area contributed by atoms with Gasteiger partial charge >= 0.3 is 0 Å². The molecule has 0 radical (unpaired) electrons. The molecule has 0 saturated carbocycles. The molecule has 1 fully saturated rings. The average molecular weight is 496 g/mol. The van der Waals surface area contributed by atoms with Gasteiger partial charge in [-0.1, -0.05) is 0 Å². The Morgan fingerprint density at radius 1 is 0.914 bits per heavy atom. The van der Waals surface area contributed by atoms with Gasteiger partial charge in [0.05, 0.1) is 32.5 Å². The molecule has 1 aliphatic rings. The molecule has 0 bridgehead atoms. The number of ether oxygens (including phenoxy) is 3. The van der Waals surface area contributed by atoms with Gasteiger partial charge in [0, 0.05) is 60.6 Å². The molecule has 0 aliphatic carbocycles. The monoisotopic (exact) mass is 495 g/mol. The maximum absolute atomic E-state index is 13.2. The zero-order valence-electron chi connectivity index (χ0n) is 20.8. The van der Waals surface area contributed by atoms with E-state index in [1.165, 1.54) is 0 Å². The topological polar surface area (TPSA) is 149 Å². The minimum Gasteiger partial charge on any atom is -0.395 e. The fourth-order valence-electron chi connectivity index (χ4n) is 4.08. The molecule has 2 aromatic heterocycles. The second-order valence-corrected chi connectivity index (χ2v) is 8.26. The molecule has 196 valence electrons. The van der Waals surface area contributed by atoms with Crippen LogP contribution in [0.15, 0.2) is 4.79 Å². The van der Waals surface area contributed by atoms with Crippen LogP contribution in [0, 0.1) is 0 Å². The number of aromatic nitrogens is 4. The third kappa shape index (κ3) is 6.76. The van der Waals surface area contributed by atoms with Crippen molar-refractivity contribution >= 4 is 28.7 Å². The van der Waals surface area contributed by atoms with Gasteiger partial charge < -0.3 is 39.1 Å². The molecule has 0 atom stereocenters. The van der Waals surface area contributed by atoms with E-state index in [4.69, 9.17) is 24.2 Å². The zero-order chi connectivity index (χ0) is 25.2. The molecule has 13 heteroatoms. The van der Waals surface area contributed by atoms with E-state index in [1.54, 1.807) is 26.2 Å². The number of aliphatic hydroxyl groups excluding tert-OH is 2. The van der Waals surface area contributed by atoms with E-state index in [0.717, 1.165) is 12.8 Å². The Morgan fingerprint density at radius 2 is 1.54 bits per heavy atom. The predicted octanol–water partition coefficient (Wildman–Crippen LogP) is -0.781. The molecule has 3 heterocycles. The molecule has 1 aliphatic heterocycles. The maximum atomic E-state index is 13.2. The first kappa shape index (κ1) is 27.0. The van der Waals surface area contributed by atoms with Crippen molar-refractivity contribution < 1.29 is 24.4 Å². The van der Waals surface area contributed by atoms with Crippen LogP contribution in [-0.4, -0.2) is 123 Å². The summed E-state index contributed by atoms with van der Waals surface area (Å²) in [6.07, 6.45) is 1.81. The Kier molecular flexibility index (Phi) is 10.4. The number of nitrogens with zero attached hydrogens (tertiary/aromatic N) is 6. The molecule has 0 spiro atoms. The summed E-state index contributed by atoms with van der Waals surface area (Å²) in [6, 6.07) is 0. The quantitative estimate of drug-likeness (QED) is 0.302. The summed E-state index contributed by atoms with van der Waals surface area (Å²) in [5.41, 5.74) is 0.160. The first-order chi connectivity index (χ1) is 17.1. The third-order valence-corrected chi connectivity index (χ3v) is 6.04. The summed E-state index contributed by atoms with van der Waals surface area (Å²) in [6.45, 7) is 3.48. The largest absolute Gasteiger partial charge is 0.395 e. The highest BCUT2D eigenvalue weighted by Gasteiger charge is 2.26. The highest BCUT2D eigenvalue weighted by molar-refractivity contribution is 5.87. The fourth-order valence-corrected chi connectivity index (χ4v) is 4.08. The van der Waals surface area contributed by atoms with E-state index in [2.05, 4.69) is 14.9 Å². The van der Waals surface area contributed by atoms with Crippen LogP contribution in [0.3, 0.4) is 0 Å². The van der Waals surface area contributed by atoms with E-state index < -0.39 is 5.56 Å². The van der Waals surface area contributed by atoms with Gasteiger partial charge in [0.25, 0.3) is 5.56 Å². The Morgan fingerprint density at radius 3 is 2.09 bits per heavy atom. The van der Waals surface area contributed by atoms with Crippen LogP contribution in [0.5, 0.6) is 0 Å². The smallest absolute Gasteiger partial charge is 0.279 e. The number of piperidine rings is 1. The number of nitrogens with one attached hydrogen (secondary N) is 1. The molecule has 0 aromatic carbocycles. The van der Waals surface area contributed by atoms with E-state index in [0.29, 0.717) is 56.7 Å². The number of aliphatic hydroxyl groups is 2. The number of hydrogen-bond acceptors (Lipinski definition) is 12. The first-order valence-corrected chi connectivity index (χ1v) is 11.9. The lowest BCUT2D eigenvalue weighted by Crippen LogP contribution is -2.39. The number of methoxy groups -OCH3 is 3. The summed E-state index contributed by atoms with van der Waals surface area (Å²) >= 11 is 0. The van der Waals surface area contributed by atoms with Gasteiger partial charge in [-0.2, -0.15) is 4.98 Å². The number of aromatic amines is 1. The lowest BCUT2D eigenvalue weighted by molar-refractivity contribution is 0.0818. The highest BCUT2D eigenvalue weighted by Crippen LogP contribution is 2.28. The van der Waals surface area contributed by atoms with Crippen LogP contribution in [0.25, 0.3) is 11.0 Å². The minimum atomic E-state index is -0.394. The van der Waals surface area contributed by atoms with Gasteiger partial charge in [0.15, 0.2) is 11.3 Å². The average Bonchev–Trinajstić information content (AvgIpc) is 2.88. The van der Waals surface area contributed by atoms with E-state index in [1.807, 2.05) is 4.90 Å². The summed E-state index contributed by atoms with van der Waals surface area (Å²) in [5.74, 6) is 1.20. The van der Waals surface area contributed by atoms with Crippen LogP contribution in [0.2, 0.25) is 0 Å². The summed E-state index contributed by atoms with van der Waals surface area (Å²) in [4.78, 5) is 35.8. The van der Waals surface area contributed by atoms with Gasteiger partial charge in [-0.25, -0.2) is 9.97 Å². The minimum absolute atomic E-state index is 0.141. The summed E-state index contributed by atoms with van der Waals surface area (Å²) in [7, 11) is 4.95. The standard InChI is InChI=1S/C22H37N7O6/c1-33-14-10-29(11-15-34-2)22-23-17-18(20(32)26-22)24-21(28(8-12-30)9-13-31)25-19(17)27-6-4-16(35-3)5-7-27/h16,30-31H,4-15H2,1-3H3,(H,23,26,32). The van der Waals surface area contributed by atoms with Crippen molar-refractivity contribution in [2.45, 2.75) is 18.9 Å². The lowest BCUT2D eigenvalue weighted by atomic mass is 10.1. The van der Waals surface area contributed by atoms with Gasteiger partial charge in [0.2, 0.25) is 11.9 Å². The zero-order valence-corrected chi connectivity index (χ0v) is 20.8. The SMILES string of the molecule is COCCN(CCOC)c1nc2c(N3CCC(OC)CC3)nc(N(CCO)CCO)nc2c(=O)[nH]1. The van der Waals surface area contributed by atoms with Crippen LogP contribution >= 0.6 is 0 Å². The molecule has 3 rings (SSSR count). The van der Waals surface area contributed by atoms with Crippen LogP contribution < -0.4 is 20.3 Å². The summed E-state index contributed by atoms with van der Waals surface area (Å²) in [5, 5.41) is 19.0. The number of hydrogen-bond donors (Lipinski definition) is 3. The molecular weight excluding hydrogens is 458 g/mol. The van der Waals surface area contributed by atoms with E-state index in [9.17, 15) is 15.0 Å². The Bertz CT molecular complexity index is 969. The Balaban J connectivity index is 2.12. The molecule has 3 N–H and O–H groups in total. The van der Waals surface area contributed by atoms with E-state index in [-0.39, 0.29) is 43.9 Å². The predicted molar refractivity (Wildman–Crippen MR) is 133 cm³/mol. The number of anilines is 3. The normalized spacial score (nSPS) is 14.6. The molecule has 0 amide bonds. The lowest BCUT2D eigenvalue weighted by Gasteiger charge is -2.33. The maximum Gasteiger partial charge on any atom is 0.279 e. The number of rotatable bonds is 14. The van der Waals surface area contributed by atoms with Crippen molar-refractivity contribution in [2.75, 3.05) is 102 Å². The molecule has 13 nitrogen and oxygen atoms in total. The van der Waals surface area contributed by atoms with Crippen molar-refractivity contribution in [2.24, 2.45) is 0 Å². The Labute approximate surface area is 204 Å². The first-order valence-electron chi connectivity index (χ1n) is 11.9. The number of H-pyrrole nitrogens is 1. The van der Waals surface area contributed by atoms with Crippen molar-refractivity contribution in [1.82, 2.24) is 19.9 Å². The van der Waals surface area contributed by atoms with Crippen molar-refractivity contribution in [1.29, 1.82) is 0 Å². The second kappa shape index (κ2) is 13.5. The van der Waals surface area contributed by atoms with Gasteiger partial charge in [0.1, 0.15) is 5.52 Å². The van der Waals surface area contributed by atoms with Crippen LogP contribution in [0.1, 0.15) is 12.8 Å². The second-order valence-electron chi connectivity index (χ2n) is 8.26. The van der Waals surface area contributed by atoms with Gasteiger partial charge in [-0.05, 0) is 12.8 Å². The molecular formula is C22H37N7O6. The fraction of sp³-hybridized carbons (Fsp3) is 0.727. The molecule has 0 unspecified atom stereocenters. The van der Waals surface area contributed by atoms with Gasteiger partial charge in [-0.3, -0.25) is 9.78 Å². The van der Waals surface area contributed by atoms with Gasteiger partial charge in [-0.15, -0.1) is 0 Å².